The number of H-pyrrole nitrogens is 1. The number of nitrogens with zero attached hydrogens (tertiary/aromatic N) is 1. The van der Waals surface area contributed by atoms with Crippen LogP contribution in [0.1, 0.15) is 14.5 Å². The van der Waals surface area contributed by atoms with Crippen LogP contribution in [-0.2, 0) is 22.7 Å². The number of rotatable bonds is 6. The average molecular weight is 454 g/mol. The van der Waals surface area contributed by atoms with Crippen LogP contribution < -0.4 is 5.56 Å². The van der Waals surface area contributed by atoms with Crippen molar-refractivity contribution in [3.05, 3.63) is 26.9 Å². The molecule has 2 rings (SSSR count). The summed E-state index contributed by atoms with van der Waals surface area (Å²) in [5.74, 6) is -4.05. The summed E-state index contributed by atoms with van der Waals surface area (Å²) in [6, 6.07) is 0. The van der Waals surface area contributed by atoms with Gasteiger partial charge in [0.1, 0.15) is 18.8 Å². The highest BCUT2D eigenvalue weighted by molar-refractivity contribution is 7.71. The van der Waals surface area contributed by atoms with Crippen molar-refractivity contribution in [2.45, 2.75) is 31.2 Å². The predicted molar refractivity (Wildman–Crippen MR) is 85.5 cm³/mol. The maximum Gasteiger partial charge on any atom is 0.481 e. The molecule has 0 radical (unpaired) electrons. The van der Waals surface area contributed by atoms with Crippen molar-refractivity contribution in [2.75, 3.05) is 6.56 Å². The molecular weight excluding hydrogens is 437 g/mol. The number of phosphoric acid groups is 2. The summed E-state index contributed by atoms with van der Waals surface area (Å²) in [6.45, 7) is -2.77. The molecule has 154 valence electrons. The summed E-state index contributed by atoms with van der Waals surface area (Å²) >= 11 is 4.84. The third kappa shape index (κ3) is 5.16. The van der Waals surface area contributed by atoms with Crippen LogP contribution in [0.25, 0.3) is 0 Å². The highest BCUT2D eigenvalue weighted by atomic mass is 32.1. The third-order valence-electron chi connectivity index (χ3n) is 3.22. The first kappa shape index (κ1) is 19.5. The Morgan fingerprint density at radius 2 is 2.07 bits per heavy atom. The molecule has 13 nitrogen and oxygen atoms in total. The number of halogens is 1. The first-order chi connectivity index (χ1) is 12.9. The second-order valence-corrected chi connectivity index (χ2v) is 8.44. The highest BCUT2D eigenvalue weighted by Gasteiger charge is 2.57. The first-order valence-electron chi connectivity index (χ1n) is 7.75. The maximum absolute atomic E-state index is 15.2. The second kappa shape index (κ2) is 7.54. The van der Waals surface area contributed by atoms with E-state index in [0.29, 0.717) is 0 Å². The number of aliphatic hydroxyl groups excluding tert-OH is 2. The Bertz CT molecular complexity index is 1010. The van der Waals surface area contributed by atoms with E-state index in [2.05, 4.69) is 13.8 Å². The number of aromatic amines is 1. The molecule has 0 amide bonds. The molecule has 0 aromatic carbocycles. The van der Waals surface area contributed by atoms with Crippen molar-refractivity contribution in [2.24, 2.45) is 0 Å². The van der Waals surface area contributed by atoms with E-state index >= 15 is 4.39 Å². The molecule has 1 aliphatic rings. The molecule has 1 saturated heterocycles. The minimum absolute atomic E-state index is 0.0226. The van der Waals surface area contributed by atoms with Crippen LogP contribution in [0.5, 0.6) is 0 Å². The maximum atomic E-state index is 15.2. The Labute approximate surface area is 157 Å². The topological polar surface area (TPSA) is 201 Å². The van der Waals surface area contributed by atoms with Gasteiger partial charge in [0.2, 0.25) is 0 Å². The van der Waals surface area contributed by atoms with Crippen molar-refractivity contribution >= 4 is 27.9 Å². The molecule has 0 aliphatic carbocycles. The number of aliphatic hydroxyl groups is 2. The number of nitrogens with one attached hydrogen (secondary N) is 1. The van der Waals surface area contributed by atoms with Crippen LogP contribution in [0.15, 0.2) is 11.0 Å². The Balaban J connectivity index is 2.42. The van der Waals surface area contributed by atoms with E-state index in [1.165, 1.54) is 6.92 Å². The average Bonchev–Trinajstić information content (AvgIpc) is 2.73. The van der Waals surface area contributed by atoms with Gasteiger partial charge in [0.05, 0.1) is 2.74 Å². The standard InChI is InChI=1S/C10H15FN2O11P2S/c1-4-2-13(9(27)12-7(4)16)8-5(14)6(15)10(11,23-8)3-22-26(20,21)24-25(17,18)19/h2,5-6,8,14-15H,3H2,1H3,(H,20,21)(H,12,16,27)(H2,17,18,19)/t5-,6+,8-,10-/m1/s1/i3D2. The van der Waals surface area contributed by atoms with Crippen LogP contribution in [0, 0.1) is 11.7 Å². The van der Waals surface area contributed by atoms with Gasteiger partial charge >= 0.3 is 15.6 Å². The SMILES string of the molecule is [2H]C([2H])(OP(=O)(O)OP(=O)(O)O)[C@@]1(F)O[C@@H](n2cc(C)c(=O)[nH]c2=S)[C@H](O)[C@@H]1O. The van der Waals surface area contributed by atoms with E-state index in [0.717, 1.165) is 10.8 Å². The van der Waals surface area contributed by atoms with Crippen LogP contribution in [0.2, 0.25) is 0 Å². The summed E-state index contributed by atoms with van der Waals surface area (Å²) in [5, 5.41) is 20.1. The molecule has 1 fully saturated rings. The van der Waals surface area contributed by atoms with Gasteiger partial charge in [0.15, 0.2) is 11.0 Å². The summed E-state index contributed by atoms with van der Waals surface area (Å²) in [7, 11) is -11.6. The van der Waals surface area contributed by atoms with Gasteiger partial charge in [-0.2, -0.15) is 4.31 Å². The Morgan fingerprint density at radius 3 is 2.63 bits per heavy atom. The van der Waals surface area contributed by atoms with Crippen molar-refractivity contribution in [3.8, 4) is 0 Å². The molecular formula is C10H15FN2O11P2S. The molecule has 0 saturated carbocycles. The van der Waals surface area contributed by atoms with Gasteiger partial charge in [-0.3, -0.25) is 18.9 Å². The lowest BCUT2D eigenvalue weighted by Gasteiger charge is -2.24. The van der Waals surface area contributed by atoms with Gasteiger partial charge < -0.3 is 29.6 Å². The zero-order valence-corrected chi connectivity index (χ0v) is 15.7. The largest absolute Gasteiger partial charge is 0.481 e. The Morgan fingerprint density at radius 1 is 1.48 bits per heavy atom. The van der Waals surface area contributed by atoms with Gasteiger partial charge in [0.25, 0.3) is 11.4 Å². The fraction of sp³-hybridized carbons (Fsp3) is 0.600. The van der Waals surface area contributed by atoms with Crippen LogP contribution in [0.4, 0.5) is 4.39 Å². The molecule has 0 spiro atoms. The normalized spacial score (nSPS) is 32.6. The summed E-state index contributed by atoms with van der Waals surface area (Å²) < 4.78 is 64.7. The summed E-state index contributed by atoms with van der Waals surface area (Å²) in [4.78, 5) is 40.0. The number of alkyl halides is 1. The molecule has 1 unspecified atom stereocenters. The van der Waals surface area contributed by atoms with Crippen LogP contribution >= 0.6 is 27.9 Å². The van der Waals surface area contributed by atoms with Crippen molar-refractivity contribution in [3.63, 3.8) is 0 Å². The van der Waals surface area contributed by atoms with E-state index < -0.39 is 56.8 Å². The number of hydrogen-bond donors (Lipinski definition) is 6. The number of phosphoric ester groups is 1. The Kier molecular flexibility index (Phi) is 5.44. The molecule has 27 heavy (non-hydrogen) atoms. The van der Waals surface area contributed by atoms with Gasteiger partial charge in [0, 0.05) is 11.8 Å². The minimum atomic E-state index is -5.92. The van der Waals surface area contributed by atoms with E-state index in [-0.39, 0.29) is 5.56 Å². The first-order valence-corrected chi connectivity index (χ1v) is 10.2. The molecule has 6 N–H and O–H groups in total. The van der Waals surface area contributed by atoms with Crippen molar-refractivity contribution in [1.29, 1.82) is 0 Å². The van der Waals surface area contributed by atoms with E-state index in [1.807, 2.05) is 0 Å². The lowest BCUT2D eigenvalue weighted by atomic mass is 10.1. The number of aromatic nitrogens is 2. The smallest absolute Gasteiger partial charge is 0.385 e. The molecule has 5 atom stereocenters. The van der Waals surface area contributed by atoms with Gasteiger partial charge in [-0.15, -0.1) is 0 Å². The van der Waals surface area contributed by atoms with E-state index in [9.17, 15) is 29.0 Å². The zero-order chi connectivity index (χ0) is 22.6. The van der Waals surface area contributed by atoms with E-state index in [4.69, 9.17) is 29.5 Å². The predicted octanol–water partition coefficient (Wildman–Crippen LogP) is -0.643. The zero-order valence-electron chi connectivity index (χ0n) is 15.1. The molecule has 1 aromatic rings. The van der Waals surface area contributed by atoms with Crippen LogP contribution in [-0.4, -0.2) is 59.1 Å². The lowest BCUT2D eigenvalue weighted by Crippen LogP contribution is -2.42. The quantitative estimate of drug-likeness (QED) is 0.235. The van der Waals surface area contributed by atoms with Crippen molar-refractivity contribution in [1.82, 2.24) is 9.55 Å². The Hall–Kier alpha value is -0.830. The monoisotopic (exact) mass is 454 g/mol. The fourth-order valence-electron chi connectivity index (χ4n) is 2.04. The van der Waals surface area contributed by atoms with Crippen LogP contribution in [0.3, 0.4) is 0 Å². The number of aryl methyl sites for hydroxylation is 1. The lowest BCUT2D eigenvalue weighted by molar-refractivity contribution is -0.204. The summed E-state index contributed by atoms with van der Waals surface area (Å²) in [6.07, 6.45) is -5.89. The third-order valence-corrected chi connectivity index (χ3v) is 5.53. The molecule has 2 heterocycles. The van der Waals surface area contributed by atoms with Gasteiger partial charge in [-0.1, -0.05) is 0 Å². The highest BCUT2D eigenvalue weighted by Crippen LogP contribution is 2.58. The number of hydrogen-bond acceptors (Lipinski definition) is 9. The van der Waals surface area contributed by atoms with Crippen molar-refractivity contribution < 1.29 is 54.7 Å². The summed E-state index contributed by atoms with van der Waals surface area (Å²) in [5.41, 5.74) is -0.602. The van der Waals surface area contributed by atoms with Gasteiger partial charge in [-0.25, -0.2) is 13.5 Å². The molecule has 1 aliphatic heterocycles. The molecule has 0 bridgehead atoms. The van der Waals surface area contributed by atoms with E-state index in [1.54, 1.807) is 0 Å². The second-order valence-electron chi connectivity index (χ2n) is 5.30. The minimum Gasteiger partial charge on any atom is -0.385 e. The molecule has 17 heteroatoms. The van der Waals surface area contributed by atoms with Gasteiger partial charge in [-0.05, 0) is 19.1 Å². The number of ether oxygens (including phenoxy) is 1. The molecule has 1 aromatic heterocycles. The fourth-order valence-corrected chi connectivity index (χ4v) is 3.74.